The molecular formula is C26H22Cl2N2O3. The molecule has 0 bridgehead atoms. The number of nitrogens with zero attached hydrogens (tertiary/aromatic N) is 1. The van der Waals surface area contributed by atoms with Crippen molar-refractivity contribution in [1.82, 2.24) is 4.90 Å². The lowest BCUT2D eigenvalue weighted by Gasteiger charge is -2.35. The smallest absolute Gasteiger partial charge is 0.250 e. The number of carbonyl (C=O) groups is 2. The van der Waals surface area contributed by atoms with Crippen molar-refractivity contribution in [3.05, 3.63) is 93.5 Å². The summed E-state index contributed by atoms with van der Waals surface area (Å²) >= 11 is 12.5. The quantitative estimate of drug-likeness (QED) is 0.509. The number of para-hydroxylation sites is 1. The number of likely N-dealkylation sites (tertiary alicyclic amines) is 1. The topological polar surface area (TPSA) is 58.6 Å². The molecule has 3 aromatic carbocycles. The fourth-order valence-corrected chi connectivity index (χ4v) is 5.68. The molecule has 2 aliphatic heterocycles. The Hall–Kier alpha value is -2.86. The fourth-order valence-electron chi connectivity index (χ4n) is 5.37. The summed E-state index contributed by atoms with van der Waals surface area (Å²) in [6.07, 6.45) is 0. The maximum Gasteiger partial charge on any atom is 0.250 e. The number of ketones is 1. The average molecular weight is 481 g/mol. The third-order valence-corrected chi connectivity index (χ3v) is 7.63. The van der Waals surface area contributed by atoms with Crippen LogP contribution in [0.25, 0.3) is 0 Å². The molecule has 1 amide bonds. The number of nitrogens with one attached hydrogen (secondary N) is 1. The summed E-state index contributed by atoms with van der Waals surface area (Å²) < 4.78 is 5.25. The van der Waals surface area contributed by atoms with E-state index in [0.717, 1.165) is 16.8 Å². The van der Waals surface area contributed by atoms with Gasteiger partial charge < -0.3 is 10.1 Å². The first-order chi connectivity index (χ1) is 15.9. The van der Waals surface area contributed by atoms with E-state index in [9.17, 15) is 9.59 Å². The van der Waals surface area contributed by atoms with Crippen molar-refractivity contribution in [2.45, 2.75) is 11.5 Å². The van der Waals surface area contributed by atoms with Gasteiger partial charge in [0.25, 0.3) is 0 Å². The SMILES string of the molecule is COc1ccc(C(=O)C2C(c3ccc(Cl)c(Cl)c3)CN(C)C23C(=O)Nc2ccccc23)cc1. The number of Topliss-reactive ketones (excluding diaryl/α,β-unsaturated/α-hetero) is 1. The van der Waals surface area contributed by atoms with Gasteiger partial charge in [0.2, 0.25) is 5.91 Å². The monoisotopic (exact) mass is 480 g/mol. The van der Waals surface area contributed by atoms with Crippen LogP contribution >= 0.6 is 23.2 Å². The fraction of sp³-hybridized carbons (Fsp3) is 0.231. The van der Waals surface area contributed by atoms with Gasteiger partial charge in [-0.2, -0.15) is 0 Å². The number of methoxy groups -OCH3 is 1. The Morgan fingerprint density at radius 3 is 2.48 bits per heavy atom. The van der Waals surface area contributed by atoms with E-state index < -0.39 is 11.5 Å². The highest BCUT2D eigenvalue weighted by atomic mass is 35.5. The number of benzene rings is 3. The van der Waals surface area contributed by atoms with Crippen LogP contribution in [0.4, 0.5) is 5.69 Å². The van der Waals surface area contributed by atoms with Gasteiger partial charge in [-0.25, -0.2) is 0 Å². The van der Waals surface area contributed by atoms with Gasteiger partial charge in [0.05, 0.1) is 23.1 Å². The van der Waals surface area contributed by atoms with Gasteiger partial charge in [-0.05, 0) is 55.1 Å². The summed E-state index contributed by atoms with van der Waals surface area (Å²) in [4.78, 5) is 29.8. The first-order valence-corrected chi connectivity index (χ1v) is 11.4. The van der Waals surface area contributed by atoms with Gasteiger partial charge in [-0.3, -0.25) is 14.5 Å². The summed E-state index contributed by atoms with van der Waals surface area (Å²) in [6.45, 7) is 0.506. The van der Waals surface area contributed by atoms with Crippen LogP contribution in [0.5, 0.6) is 5.75 Å². The van der Waals surface area contributed by atoms with Crippen molar-refractivity contribution < 1.29 is 14.3 Å². The normalized spacial score (nSPS) is 24.1. The number of carbonyl (C=O) groups excluding carboxylic acids is 2. The summed E-state index contributed by atoms with van der Waals surface area (Å²) in [7, 11) is 3.48. The number of rotatable bonds is 4. The van der Waals surface area contributed by atoms with E-state index >= 15 is 0 Å². The average Bonchev–Trinajstić information content (AvgIpc) is 3.30. The number of ether oxygens (including phenoxy) is 1. The van der Waals surface area contributed by atoms with Crippen LogP contribution in [0.2, 0.25) is 10.0 Å². The number of anilines is 1. The van der Waals surface area contributed by atoms with Gasteiger partial charge >= 0.3 is 0 Å². The van der Waals surface area contributed by atoms with Gasteiger partial charge in [0.15, 0.2) is 5.78 Å². The third-order valence-electron chi connectivity index (χ3n) is 6.89. The Balaban J connectivity index is 1.70. The zero-order valence-electron chi connectivity index (χ0n) is 18.1. The minimum absolute atomic E-state index is 0.107. The molecule has 1 spiro atoms. The second kappa shape index (κ2) is 8.17. The van der Waals surface area contributed by atoms with Crippen molar-refractivity contribution in [1.29, 1.82) is 0 Å². The first-order valence-electron chi connectivity index (χ1n) is 10.6. The molecule has 1 fully saturated rings. The molecule has 3 atom stereocenters. The van der Waals surface area contributed by atoms with Crippen LogP contribution < -0.4 is 10.1 Å². The van der Waals surface area contributed by atoms with E-state index in [1.165, 1.54) is 0 Å². The molecule has 5 nitrogen and oxygen atoms in total. The van der Waals surface area contributed by atoms with Crippen LogP contribution in [-0.4, -0.2) is 37.3 Å². The standard InChI is InChI=1S/C26H22Cl2N2O3/c1-30-14-18(16-9-12-20(27)21(28)13-16)23(24(31)15-7-10-17(33-2)11-8-15)26(30)19-5-3-4-6-22(19)29-25(26)32/h3-13,18,23H,14H2,1-2H3,(H,29,32). The Kier molecular flexibility index (Phi) is 5.44. The van der Waals surface area contributed by atoms with Crippen LogP contribution in [-0.2, 0) is 10.3 Å². The lowest BCUT2D eigenvalue weighted by molar-refractivity contribution is -0.126. The number of fused-ring (bicyclic) bond motifs is 2. The van der Waals surface area contributed by atoms with Crippen LogP contribution in [0.1, 0.15) is 27.4 Å². The van der Waals surface area contributed by atoms with E-state index in [4.69, 9.17) is 27.9 Å². The maximum absolute atomic E-state index is 14.1. The summed E-state index contributed by atoms with van der Waals surface area (Å²) in [5.74, 6) is -0.576. The van der Waals surface area contributed by atoms with Crippen molar-refractivity contribution in [3.63, 3.8) is 0 Å². The molecule has 33 heavy (non-hydrogen) atoms. The first kappa shape index (κ1) is 22.0. The Morgan fingerprint density at radius 1 is 1.06 bits per heavy atom. The molecule has 5 rings (SSSR count). The molecule has 0 saturated carbocycles. The highest BCUT2D eigenvalue weighted by molar-refractivity contribution is 6.42. The van der Waals surface area contributed by atoms with Gasteiger partial charge in [0.1, 0.15) is 11.3 Å². The molecule has 1 N–H and O–H groups in total. The zero-order valence-corrected chi connectivity index (χ0v) is 19.7. The van der Waals surface area contributed by atoms with E-state index in [1.807, 2.05) is 42.3 Å². The third kappa shape index (κ3) is 3.26. The molecule has 168 valence electrons. The van der Waals surface area contributed by atoms with E-state index in [1.54, 1.807) is 43.5 Å². The highest BCUT2D eigenvalue weighted by Crippen LogP contribution is 2.55. The molecule has 2 heterocycles. The Labute approximate surface area is 202 Å². The molecule has 0 radical (unpaired) electrons. The number of halogens is 2. The van der Waals surface area contributed by atoms with E-state index in [0.29, 0.717) is 27.9 Å². The lowest BCUT2D eigenvalue weighted by Crippen LogP contribution is -2.51. The molecule has 2 aliphatic rings. The second-order valence-electron chi connectivity index (χ2n) is 8.50. The zero-order chi connectivity index (χ0) is 23.3. The predicted octanol–water partition coefficient (Wildman–Crippen LogP) is 5.38. The van der Waals surface area contributed by atoms with Gasteiger partial charge in [-0.15, -0.1) is 0 Å². The Morgan fingerprint density at radius 2 is 1.79 bits per heavy atom. The minimum Gasteiger partial charge on any atom is -0.497 e. The van der Waals surface area contributed by atoms with Crippen LogP contribution in [0, 0.1) is 5.92 Å². The molecule has 3 unspecified atom stereocenters. The summed E-state index contributed by atoms with van der Waals surface area (Å²) in [5.41, 5.74) is 1.81. The summed E-state index contributed by atoms with van der Waals surface area (Å²) in [5, 5.41) is 3.88. The molecule has 7 heteroatoms. The van der Waals surface area contributed by atoms with Crippen LogP contribution in [0.3, 0.4) is 0 Å². The number of amides is 1. The number of hydrogen-bond donors (Lipinski definition) is 1. The van der Waals surface area contributed by atoms with E-state index in [-0.39, 0.29) is 17.6 Å². The van der Waals surface area contributed by atoms with Crippen LogP contribution in [0.15, 0.2) is 66.7 Å². The van der Waals surface area contributed by atoms with E-state index in [2.05, 4.69) is 5.32 Å². The predicted molar refractivity (Wildman–Crippen MR) is 129 cm³/mol. The number of likely N-dealkylation sites (N-methyl/N-ethyl adjacent to an activating group) is 1. The maximum atomic E-state index is 14.1. The minimum atomic E-state index is -1.13. The lowest BCUT2D eigenvalue weighted by atomic mass is 9.70. The summed E-state index contributed by atoms with van der Waals surface area (Å²) in [6, 6.07) is 20.0. The van der Waals surface area contributed by atoms with Gasteiger partial charge in [-0.1, -0.05) is 47.5 Å². The molecule has 1 saturated heterocycles. The number of hydrogen-bond acceptors (Lipinski definition) is 4. The van der Waals surface area contributed by atoms with Crippen molar-refractivity contribution in [2.75, 3.05) is 26.0 Å². The van der Waals surface area contributed by atoms with Gasteiger partial charge in [0, 0.05) is 29.3 Å². The van der Waals surface area contributed by atoms with Crippen molar-refractivity contribution in [3.8, 4) is 5.75 Å². The van der Waals surface area contributed by atoms with Crippen molar-refractivity contribution >= 4 is 40.6 Å². The molecule has 0 aromatic heterocycles. The molecule has 3 aromatic rings. The molecular weight excluding hydrogens is 459 g/mol. The highest BCUT2D eigenvalue weighted by Gasteiger charge is 2.64. The van der Waals surface area contributed by atoms with Crippen molar-refractivity contribution in [2.24, 2.45) is 5.92 Å². The molecule has 0 aliphatic carbocycles. The largest absolute Gasteiger partial charge is 0.497 e. The second-order valence-corrected chi connectivity index (χ2v) is 9.31. The Bertz CT molecular complexity index is 1260.